The molecule has 1 saturated heterocycles. The van der Waals surface area contributed by atoms with Crippen LogP contribution < -0.4 is 10.6 Å². The van der Waals surface area contributed by atoms with E-state index in [1.165, 1.54) is 6.07 Å². The SMILES string of the molecule is NC(=O)c1c(F)cc(Br)cc1N1CCC(O)CC1. The number of nitrogens with zero attached hydrogens (tertiary/aromatic N) is 1. The smallest absolute Gasteiger partial charge is 0.253 e. The van der Waals surface area contributed by atoms with Crippen molar-refractivity contribution in [3.05, 3.63) is 28.0 Å². The van der Waals surface area contributed by atoms with Crippen molar-refractivity contribution in [1.29, 1.82) is 0 Å². The second-order valence-electron chi connectivity index (χ2n) is 4.36. The number of hydrogen-bond donors (Lipinski definition) is 2. The van der Waals surface area contributed by atoms with Gasteiger partial charge in [-0.3, -0.25) is 4.79 Å². The molecule has 0 spiro atoms. The summed E-state index contributed by atoms with van der Waals surface area (Å²) < 4.78 is 14.3. The molecule has 3 N–H and O–H groups in total. The molecule has 1 aliphatic heterocycles. The normalized spacial score (nSPS) is 16.9. The molecule has 4 nitrogen and oxygen atoms in total. The summed E-state index contributed by atoms with van der Waals surface area (Å²) in [5, 5.41) is 9.46. The Morgan fingerprint density at radius 3 is 2.61 bits per heavy atom. The Balaban J connectivity index is 2.39. The van der Waals surface area contributed by atoms with Crippen molar-refractivity contribution in [3.63, 3.8) is 0 Å². The van der Waals surface area contributed by atoms with E-state index in [1.807, 2.05) is 4.90 Å². The molecule has 0 aromatic heterocycles. The van der Waals surface area contributed by atoms with Crippen molar-refractivity contribution in [3.8, 4) is 0 Å². The molecule has 18 heavy (non-hydrogen) atoms. The average Bonchev–Trinajstić information content (AvgIpc) is 2.28. The molecule has 0 bridgehead atoms. The van der Waals surface area contributed by atoms with Crippen LogP contribution in [0.1, 0.15) is 23.2 Å². The first-order valence-corrected chi connectivity index (χ1v) is 6.50. The zero-order chi connectivity index (χ0) is 13.3. The van der Waals surface area contributed by atoms with Gasteiger partial charge in [-0.25, -0.2) is 4.39 Å². The van der Waals surface area contributed by atoms with Gasteiger partial charge in [-0.15, -0.1) is 0 Å². The van der Waals surface area contributed by atoms with Crippen LogP contribution in [0.15, 0.2) is 16.6 Å². The van der Waals surface area contributed by atoms with E-state index < -0.39 is 11.7 Å². The fraction of sp³-hybridized carbons (Fsp3) is 0.417. The fourth-order valence-electron chi connectivity index (χ4n) is 2.16. The van der Waals surface area contributed by atoms with Crippen LogP contribution in [0, 0.1) is 5.82 Å². The first-order valence-electron chi connectivity index (χ1n) is 5.71. The van der Waals surface area contributed by atoms with E-state index >= 15 is 0 Å². The molecule has 0 radical (unpaired) electrons. The summed E-state index contributed by atoms with van der Waals surface area (Å²) in [7, 11) is 0. The van der Waals surface area contributed by atoms with Gasteiger partial charge in [0.05, 0.1) is 17.4 Å². The molecular weight excluding hydrogens is 303 g/mol. The van der Waals surface area contributed by atoms with Crippen molar-refractivity contribution in [1.82, 2.24) is 0 Å². The fourth-order valence-corrected chi connectivity index (χ4v) is 2.58. The Labute approximate surface area is 113 Å². The van der Waals surface area contributed by atoms with E-state index in [1.54, 1.807) is 6.07 Å². The van der Waals surface area contributed by atoms with Gasteiger partial charge >= 0.3 is 0 Å². The number of rotatable bonds is 2. The molecule has 1 amide bonds. The van der Waals surface area contributed by atoms with Gasteiger partial charge < -0.3 is 15.7 Å². The predicted octanol–water partition coefficient (Wildman–Crippen LogP) is 1.65. The topological polar surface area (TPSA) is 66.6 Å². The van der Waals surface area contributed by atoms with Gasteiger partial charge in [-0.1, -0.05) is 15.9 Å². The highest BCUT2D eigenvalue weighted by molar-refractivity contribution is 9.10. The predicted molar refractivity (Wildman–Crippen MR) is 70.1 cm³/mol. The molecule has 98 valence electrons. The lowest BCUT2D eigenvalue weighted by Gasteiger charge is -2.32. The summed E-state index contributed by atoms with van der Waals surface area (Å²) in [6.45, 7) is 1.16. The summed E-state index contributed by atoms with van der Waals surface area (Å²) in [4.78, 5) is 13.2. The summed E-state index contributed by atoms with van der Waals surface area (Å²) in [6.07, 6.45) is 0.883. The maximum atomic E-state index is 13.8. The summed E-state index contributed by atoms with van der Waals surface area (Å²) >= 11 is 3.21. The molecule has 0 atom stereocenters. The van der Waals surface area contributed by atoms with Crippen LogP contribution >= 0.6 is 15.9 Å². The maximum Gasteiger partial charge on any atom is 0.253 e. The van der Waals surface area contributed by atoms with E-state index in [0.717, 1.165) is 0 Å². The number of nitrogens with two attached hydrogens (primary N) is 1. The number of carbonyl (C=O) groups is 1. The number of benzene rings is 1. The Kier molecular flexibility index (Phi) is 3.87. The zero-order valence-corrected chi connectivity index (χ0v) is 11.3. The van der Waals surface area contributed by atoms with Gasteiger partial charge in [0, 0.05) is 17.6 Å². The number of piperidine rings is 1. The summed E-state index contributed by atoms with van der Waals surface area (Å²) in [5.41, 5.74) is 5.63. The number of halogens is 2. The molecule has 1 aliphatic rings. The lowest BCUT2D eigenvalue weighted by Crippen LogP contribution is -2.37. The minimum absolute atomic E-state index is 0.0883. The Morgan fingerprint density at radius 1 is 1.44 bits per heavy atom. The van der Waals surface area contributed by atoms with Crippen molar-refractivity contribution >= 4 is 27.5 Å². The minimum Gasteiger partial charge on any atom is -0.393 e. The molecular formula is C12H14BrFN2O2. The Morgan fingerprint density at radius 2 is 2.06 bits per heavy atom. The molecule has 1 fully saturated rings. The van der Waals surface area contributed by atoms with Crippen LogP contribution in [0.25, 0.3) is 0 Å². The highest BCUT2D eigenvalue weighted by Gasteiger charge is 2.23. The molecule has 1 aromatic rings. The van der Waals surface area contributed by atoms with Gasteiger partial charge in [0.2, 0.25) is 0 Å². The number of aliphatic hydroxyl groups is 1. The maximum absolute atomic E-state index is 13.8. The lowest BCUT2D eigenvalue weighted by molar-refractivity contribution is 0.0996. The number of anilines is 1. The number of aliphatic hydroxyl groups excluding tert-OH is 1. The lowest BCUT2D eigenvalue weighted by atomic mass is 10.0. The second-order valence-corrected chi connectivity index (χ2v) is 5.28. The Bertz CT molecular complexity index is 473. The second kappa shape index (κ2) is 5.24. The van der Waals surface area contributed by atoms with Crippen LogP contribution in [0.2, 0.25) is 0 Å². The van der Waals surface area contributed by atoms with Crippen LogP contribution in [0.3, 0.4) is 0 Å². The van der Waals surface area contributed by atoms with E-state index in [2.05, 4.69) is 15.9 Å². The zero-order valence-electron chi connectivity index (χ0n) is 9.70. The van der Waals surface area contributed by atoms with Crippen molar-refractivity contribution in [2.75, 3.05) is 18.0 Å². The van der Waals surface area contributed by atoms with Crippen LogP contribution in [-0.4, -0.2) is 30.2 Å². The molecule has 0 aliphatic carbocycles. The molecule has 0 unspecified atom stereocenters. The van der Waals surface area contributed by atoms with Gasteiger partial charge in [0.25, 0.3) is 5.91 Å². The molecule has 1 aromatic carbocycles. The molecule has 1 heterocycles. The number of primary amides is 1. The van der Waals surface area contributed by atoms with E-state index in [4.69, 9.17) is 5.73 Å². The monoisotopic (exact) mass is 316 g/mol. The molecule has 0 saturated carbocycles. The average molecular weight is 317 g/mol. The third-order valence-corrected chi connectivity index (χ3v) is 3.54. The molecule has 2 rings (SSSR count). The van der Waals surface area contributed by atoms with Crippen LogP contribution in [0.4, 0.5) is 10.1 Å². The highest BCUT2D eigenvalue weighted by Crippen LogP contribution is 2.29. The highest BCUT2D eigenvalue weighted by atomic mass is 79.9. The molecule has 6 heteroatoms. The third-order valence-electron chi connectivity index (χ3n) is 3.09. The van der Waals surface area contributed by atoms with E-state index in [9.17, 15) is 14.3 Å². The largest absolute Gasteiger partial charge is 0.393 e. The number of amides is 1. The minimum atomic E-state index is -0.777. The quantitative estimate of drug-likeness (QED) is 0.871. The van der Waals surface area contributed by atoms with E-state index in [0.29, 0.717) is 36.1 Å². The van der Waals surface area contributed by atoms with Gasteiger partial charge in [0.1, 0.15) is 5.82 Å². The van der Waals surface area contributed by atoms with Gasteiger partial charge in [-0.05, 0) is 25.0 Å². The standard InChI is InChI=1S/C12H14BrFN2O2/c13-7-5-9(14)11(12(15)18)10(6-7)16-3-1-8(17)2-4-16/h5-6,8,17H,1-4H2,(H2,15,18). The number of carbonyl (C=O) groups excluding carboxylic acids is 1. The van der Waals surface area contributed by atoms with Crippen molar-refractivity contribution < 1.29 is 14.3 Å². The van der Waals surface area contributed by atoms with Gasteiger partial charge in [0.15, 0.2) is 0 Å². The summed E-state index contributed by atoms with van der Waals surface area (Å²) in [6, 6.07) is 2.91. The first-order chi connectivity index (χ1) is 8.49. The Hall–Kier alpha value is -1.14. The van der Waals surface area contributed by atoms with Gasteiger partial charge in [-0.2, -0.15) is 0 Å². The van der Waals surface area contributed by atoms with Crippen molar-refractivity contribution in [2.45, 2.75) is 18.9 Å². The summed E-state index contributed by atoms with van der Waals surface area (Å²) in [5.74, 6) is -1.40. The third kappa shape index (κ3) is 2.64. The number of hydrogen-bond acceptors (Lipinski definition) is 3. The van der Waals surface area contributed by atoms with E-state index in [-0.39, 0.29) is 11.7 Å². The van der Waals surface area contributed by atoms with Crippen LogP contribution in [-0.2, 0) is 0 Å². The van der Waals surface area contributed by atoms with Crippen LogP contribution in [0.5, 0.6) is 0 Å². The van der Waals surface area contributed by atoms with Crippen molar-refractivity contribution in [2.24, 2.45) is 5.73 Å². The first kappa shape index (κ1) is 13.3.